The number of nitrogens with one attached hydrogen (secondary N) is 1. The molecule has 1 heterocycles. The average molecular weight is 230 g/mol. The Bertz CT molecular complexity index is 320. The Balaban J connectivity index is 2.23. The minimum absolute atomic E-state index is 0.254. The molecule has 0 aliphatic heterocycles. The van der Waals surface area contributed by atoms with E-state index in [9.17, 15) is 0 Å². The van der Waals surface area contributed by atoms with Gasteiger partial charge in [-0.25, -0.2) is 4.98 Å². The molecule has 4 nitrogen and oxygen atoms in total. The quantitative estimate of drug-likeness (QED) is 0.807. The highest BCUT2D eigenvalue weighted by atomic mass is 35.5. The first-order valence-corrected chi connectivity index (χ1v) is 5.96. The molecule has 1 saturated carbocycles. The van der Waals surface area contributed by atoms with E-state index in [-0.39, 0.29) is 5.60 Å². The van der Waals surface area contributed by atoms with Crippen LogP contribution in [0.25, 0.3) is 0 Å². The van der Waals surface area contributed by atoms with Crippen LogP contribution in [-0.4, -0.2) is 21.8 Å². The van der Waals surface area contributed by atoms with Crippen LogP contribution in [0, 0.1) is 0 Å². The van der Waals surface area contributed by atoms with Crippen molar-refractivity contribution in [2.75, 3.05) is 6.61 Å². The molecule has 0 spiro atoms. The van der Waals surface area contributed by atoms with Crippen molar-refractivity contribution in [1.82, 2.24) is 15.2 Å². The van der Waals surface area contributed by atoms with Crippen molar-refractivity contribution < 1.29 is 4.74 Å². The fraction of sp³-hybridized carbons (Fsp3) is 0.800. The molecule has 0 unspecified atom stereocenters. The van der Waals surface area contributed by atoms with Gasteiger partial charge >= 0.3 is 0 Å². The van der Waals surface area contributed by atoms with Gasteiger partial charge in [0.05, 0.1) is 5.88 Å². The van der Waals surface area contributed by atoms with Gasteiger partial charge in [0.25, 0.3) is 0 Å². The molecule has 0 bridgehead atoms. The second-order valence-corrected chi connectivity index (χ2v) is 4.14. The molecule has 0 radical (unpaired) electrons. The zero-order valence-electron chi connectivity index (χ0n) is 8.92. The lowest BCUT2D eigenvalue weighted by molar-refractivity contribution is -0.0454. The van der Waals surface area contributed by atoms with Gasteiger partial charge in [-0.05, 0) is 32.6 Å². The highest BCUT2D eigenvalue weighted by Crippen LogP contribution is 2.40. The molecule has 1 aliphatic carbocycles. The molecule has 84 valence electrons. The number of hydrogen-bond donors (Lipinski definition) is 1. The number of halogens is 1. The van der Waals surface area contributed by atoms with E-state index >= 15 is 0 Å². The molecule has 0 aromatic carbocycles. The third-order valence-corrected chi connectivity index (χ3v) is 3.15. The summed E-state index contributed by atoms with van der Waals surface area (Å²) in [4.78, 5) is 4.38. The number of hydrogen-bond acceptors (Lipinski definition) is 3. The average Bonchev–Trinajstić information content (AvgIpc) is 2.85. The SMILES string of the molecule is CCOC1(c2n[nH]c(CCl)n2)CCCC1. The van der Waals surface area contributed by atoms with Crippen LogP contribution in [-0.2, 0) is 16.2 Å². The molecule has 0 amide bonds. The van der Waals surface area contributed by atoms with Crippen LogP contribution in [0.4, 0.5) is 0 Å². The molecule has 1 aliphatic rings. The number of rotatable bonds is 4. The first-order chi connectivity index (χ1) is 7.30. The van der Waals surface area contributed by atoms with E-state index in [2.05, 4.69) is 15.2 Å². The Morgan fingerprint density at radius 2 is 2.20 bits per heavy atom. The largest absolute Gasteiger partial charge is 0.367 e. The van der Waals surface area contributed by atoms with Crippen LogP contribution in [0.2, 0.25) is 0 Å². The Hall–Kier alpha value is -0.610. The third-order valence-electron chi connectivity index (χ3n) is 2.90. The maximum atomic E-state index is 5.85. The normalized spacial score (nSPS) is 19.6. The standard InChI is InChI=1S/C10H16ClN3O/c1-2-15-10(5-3-4-6-10)9-12-8(7-11)13-14-9/h2-7H2,1H3,(H,12,13,14). The Labute approximate surface area is 94.4 Å². The van der Waals surface area contributed by atoms with E-state index in [0.717, 1.165) is 24.5 Å². The van der Waals surface area contributed by atoms with Crippen LogP contribution >= 0.6 is 11.6 Å². The monoisotopic (exact) mass is 229 g/mol. The van der Waals surface area contributed by atoms with Crippen molar-refractivity contribution in [1.29, 1.82) is 0 Å². The number of aromatic nitrogens is 3. The van der Waals surface area contributed by atoms with E-state index in [0.29, 0.717) is 12.5 Å². The summed E-state index contributed by atoms with van der Waals surface area (Å²) in [6, 6.07) is 0. The van der Waals surface area contributed by atoms with Crippen LogP contribution in [0.15, 0.2) is 0 Å². The predicted molar refractivity (Wildman–Crippen MR) is 57.7 cm³/mol. The van der Waals surface area contributed by atoms with Crippen molar-refractivity contribution >= 4 is 11.6 Å². The van der Waals surface area contributed by atoms with Gasteiger partial charge < -0.3 is 4.74 Å². The third kappa shape index (κ3) is 2.01. The summed E-state index contributed by atoms with van der Waals surface area (Å²) in [5, 5.41) is 7.06. The summed E-state index contributed by atoms with van der Waals surface area (Å²) in [7, 11) is 0. The van der Waals surface area contributed by atoms with E-state index < -0.39 is 0 Å². The van der Waals surface area contributed by atoms with Gasteiger partial charge in [-0.2, -0.15) is 5.10 Å². The second-order valence-electron chi connectivity index (χ2n) is 3.87. The Morgan fingerprint density at radius 1 is 1.47 bits per heavy atom. The van der Waals surface area contributed by atoms with Gasteiger partial charge in [0, 0.05) is 6.61 Å². The summed E-state index contributed by atoms with van der Waals surface area (Å²) in [6.45, 7) is 2.71. The number of H-pyrrole nitrogens is 1. The Morgan fingerprint density at radius 3 is 2.73 bits per heavy atom. The fourth-order valence-electron chi connectivity index (χ4n) is 2.21. The molecular weight excluding hydrogens is 214 g/mol. The van der Waals surface area contributed by atoms with E-state index in [1.807, 2.05) is 6.92 Å². The number of nitrogens with zero attached hydrogens (tertiary/aromatic N) is 2. The maximum Gasteiger partial charge on any atom is 0.182 e. The van der Waals surface area contributed by atoms with Gasteiger partial charge in [0.2, 0.25) is 0 Å². The molecule has 1 aromatic heterocycles. The van der Waals surface area contributed by atoms with Crippen molar-refractivity contribution in [3.63, 3.8) is 0 Å². The molecule has 1 N–H and O–H groups in total. The van der Waals surface area contributed by atoms with Gasteiger partial charge in [0.15, 0.2) is 5.82 Å². The highest BCUT2D eigenvalue weighted by molar-refractivity contribution is 6.16. The molecule has 5 heteroatoms. The lowest BCUT2D eigenvalue weighted by Crippen LogP contribution is -2.27. The van der Waals surface area contributed by atoms with Gasteiger partial charge in [0.1, 0.15) is 11.4 Å². The first kappa shape index (κ1) is 10.9. The highest BCUT2D eigenvalue weighted by Gasteiger charge is 2.39. The molecule has 0 saturated heterocycles. The lowest BCUT2D eigenvalue weighted by atomic mass is 10.0. The van der Waals surface area contributed by atoms with E-state index in [1.54, 1.807) is 0 Å². The molecule has 0 atom stereocenters. The molecule has 15 heavy (non-hydrogen) atoms. The van der Waals surface area contributed by atoms with Gasteiger partial charge in [-0.3, -0.25) is 5.10 Å². The van der Waals surface area contributed by atoms with E-state index in [1.165, 1.54) is 12.8 Å². The summed E-state index contributed by atoms with van der Waals surface area (Å²) in [6.07, 6.45) is 4.40. The predicted octanol–water partition coefficient (Wildman–Crippen LogP) is 2.35. The van der Waals surface area contributed by atoms with Crippen LogP contribution in [0.5, 0.6) is 0 Å². The van der Waals surface area contributed by atoms with Gasteiger partial charge in [-0.1, -0.05) is 0 Å². The zero-order chi connectivity index (χ0) is 10.7. The summed E-state index contributed by atoms with van der Waals surface area (Å²) < 4.78 is 5.85. The topological polar surface area (TPSA) is 50.8 Å². The molecule has 1 aromatic rings. The van der Waals surface area contributed by atoms with Crippen LogP contribution in [0.3, 0.4) is 0 Å². The van der Waals surface area contributed by atoms with Crippen molar-refractivity contribution in [3.05, 3.63) is 11.6 Å². The molecule has 2 rings (SSSR count). The van der Waals surface area contributed by atoms with Crippen molar-refractivity contribution in [2.24, 2.45) is 0 Å². The zero-order valence-corrected chi connectivity index (χ0v) is 9.68. The number of alkyl halides is 1. The second kappa shape index (κ2) is 4.49. The minimum atomic E-state index is -0.254. The van der Waals surface area contributed by atoms with Crippen LogP contribution < -0.4 is 0 Å². The van der Waals surface area contributed by atoms with Crippen LogP contribution in [0.1, 0.15) is 44.3 Å². The minimum Gasteiger partial charge on any atom is -0.367 e. The fourth-order valence-corrected chi connectivity index (χ4v) is 2.33. The first-order valence-electron chi connectivity index (χ1n) is 5.42. The van der Waals surface area contributed by atoms with Gasteiger partial charge in [-0.15, -0.1) is 11.6 Å². The van der Waals surface area contributed by atoms with Crippen molar-refractivity contribution in [3.8, 4) is 0 Å². The maximum absolute atomic E-state index is 5.85. The smallest absolute Gasteiger partial charge is 0.182 e. The van der Waals surface area contributed by atoms with Crippen molar-refractivity contribution in [2.45, 2.75) is 44.1 Å². The number of ether oxygens (including phenoxy) is 1. The summed E-state index contributed by atoms with van der Waals surface area (Å²) in [5.74, 6) is 1.87. The summed E-state index contributed by atoms with van der Waals surface area (Å²) >= 11 is 5.69. The molecular formula is C10H16ClN3O. The van der Waals surface area contributed by atoms with E-state index in [4.69, 9.17) is 16.3 Å². The summed E-state index contributed by atoms with van der Waals surface area (Å²) in [5.41, 5.74) is -0.254. The molecule has 1 fully saturated rings. The number of aromatic amines is 1. The lowest BCUT2D eigenvalue weighted by Gasteiger charge is -2.25. The Kier molecular flexibility index (Phi) is 3.26.